The molecule has 0 spiro atoms. The Morgan fingerprint density at radius 2 is 1.00 bits per heavy atom. The zero-order valence-corrected chi connectivity index (χ0v) is 12.2. The molecule has 3 fully saturated rings. The molecule has 3 heterocycles. The molecular weight excluding hydrogens is 260 g/mol. The van der Waals surface area contributed by atoms with E-state index >= 15 is 0 Å². The fourth-order valence-corrected chi connectivity index (χ4v) is 2.49. The summed E-state index contributed by atoms with van der Waals surface area (Å²) in [6, 6.07) is 0. The van der Waals surface area contributed by atoms with Gasteiger partial charge in [0.15, 0.2) is 0 Å². The molecule has 2 unspecified atom stereocenters. The van der Waals surface area contributed by atoms with E-state index in [0.29, 0.717) is 12.2 Å². The molecule has 0 aromatic heterocycles. The van der Waals surface area contributed by atoms with E-state index in [9.17, 15) is 0 Å². The highest BCUT2D eigenvalue weighted by Gasteiger charge is 2.26. The van der Waals surface area contributed by atoms with Crippen molar-refractivity contribution in [2.75, 3.05) is 78.9 Å². The summed E-state index contributed by atoms with van der Waals surface area (Å²) < 4.78 is 22.1. The lowest BCUT2D eigenvalue weighted by Gasteiger charge is -2.25. The summed E-state index contributed by atoms with van der Waals surface area (Å²) in [5.41, 5.74) is 0. The third-order valence-electron chi connectivity index (χ3n) is 3.94. The fraction of sp³-hybridized carbons (Fsp3) is 1.00. The molecule has 6 heteroatoms. The van der Waals surface area contributed by atoms with Gasteiger partial charge in [0.1, 0.15) is 0 Å². The molecule has 0 radical (unpaired) electrons. The summed E-state index contributed by atoms with van der Waals surface area (Å²) >= 11 is 0. The van der Waals surface area contributed by atoms with Crippen LogP contribution in [0.25, 0.3) is 0 Å². The number of rotatable bonds is 4. The van der Waals surface area contributed by atoms with Crippen LogP contribution in [-0.4, -0.2) is 101 Å². The van der Waals surface area contributed by atoms with Gasteiger partial charge in [0, 0.05) is 39.3 Å². The summed E-state index contributed by atoms with van der Waals surface area (Å²) in [6.45, 7) is 10.9. The minimum Gasteiger partial charge on any atom is -0.379 e. The molecule has 0 aromatic rings. The highest BCUT2D eigenvalue weighted by atomic mass is 16.6. The van der Waals surface area contributed by atoms with Crippen LogP contribution >= 0.6 is 0 Å². The van der Waals surface area contributed by atoms with Crippen molar-refractivity contribution in [1.82, 2.24) is 9.80 Å². The maximum absolute atomic E-state index is 5.77. The van der Waals surface area contributed by atoms with Crippen molar-refractivity contribution in [3.63, 3.8) is 0 Å². The second kappa shape index (κ2) is 7.68. The molecule has 0 aliphatic carbocycles. The lowest BCUT2D eigenvalue weighted by atomic mass is 10.3. The van der Waals surface area contributed by atoms with Gasteiger partial charge in [-0.15, -0.1) is 0 Å². The van der Waals surface area contributed by atoms with Crippen molar-refractivity contribution in [1.29, 1.82) is 0 Å². The van der Waals surface area contributed by atoms with Gasteiger partial charge in [-0.2, -0.15) is 0 Å². The molecule has 6 nitrogen and oxygen atoms in total. The topological polar surface area (TPSA) is 50.0 Å². The number of hydrogen-bond acceptors (Lipinski definition) is 6. The smallest absolute Gasteiger partial charge is 0.0936 e. The minimum absolute atomic E-state index is 0.442. The third kappa shape index (κ3) is 5.63. The number of nitrogens with zero attached hydrogens (tertiary/aromatic N) is 2. The van der Waals surface area contributed by atoms with Gasteiger partial charge in [-0.05, 0) is 0 Å². The van der Waals surface area contributed by atoms with Gasteiger partial charge < -0.3 is 18.9 Å². The van der Waals surface area contributed by atoms with E-state index in [2.05, 4.69) is 9.80 Å². The maximum Gasteiger partial charge on any atom is 0.0936 e. The quantitative estimate of drug-likeness (QED) is 0.646. The first kappa shape index (κ1) is 14.7. The van der Waals surface area contributed by atoms with E-state index in [1.165, 1.54) is 0 Å². The second-order valence-corrected chi connectivity index (χ2v) is 5.74. The molecule has 0 bridgehead atoms. The Morgan fingerprint density at radius 3 is 1.30 bits per heavy atom. The van der Waals surface area contributed by atoms with Crippen LogP contribution in [-0.2, 0) is 18.9 Å². The Balaban J connectivity index is 1.38. The SMILES string of the molecule is C1CN(CC2CO2)CCOCCN(CC2CO2)CCO1. The summed E-state index contributed by atoms with van der Waals surface area (Å²) in [6.07, 6.45) is 0.883. The summed E-state index contributed by atoms with van der Waals surface area (Å²) in [5, 5.41) is 0. The molecule has 3 saturated heterocycles. The van der Waals surface area contributed by atoms with Crippen LogP contribution in [0.2, 0.25) is 0 Å². The van der Waals surface area contributed by atoms with Crippen LogP contribution in [0.5, 0.6) is 0 Å². The molecule has 0 amide bonds. The summed E-state index contributed by atoms with van der Waals surface area (Å²) in [7, 11) is 0. The fourth-order valence-electron chi connectivity index (χ4n) is 2.49. The highest BCUT2D eigenvalue weighted by Crippen LogP contribution is 2.12. The zero-order chi connectivity index (χ0) is 13.6. The predicted octanol–water partition coefficient (Wildman–Crippen LogP) is -0.565. The van der Waals surface area contributed by atoms with Crippen LogP contribution in [0.1, 0.15) is 0 Å². The van der Waals surface area contributed by atoms with Crippen LogP contribution in [0.4, 0.5) is 0 Å². The standard InChI is InChI=1S/C14H26N2O4/c1-5-17-7-3-16(10-14-12-20-14)4-8-18-6-2-15(1)9-13-11-19-13/h13-14H,1-12H2. The minimum atomic E-state index is 0.442. The Kier molecular flexibility index (Phi) is 5.64. The summed E-state index contributed by atoms with van der Waals surface area (Å²) in [5.74, 6) is 0. The number of epoxide rings is 2. The largest absolute Gasteiger partial charge is 0.379 e. The second-order valence-electron chi connectivity index (χ2n) is 5.74. The first-order valence-corrected chi connectivity index (χ1v) is 7.73. The van der Waals surface area contributed by atoms with Gasteiger partial charge in [0.05, 0.1) is 51.8 Å². The van der Waals surface area contributed by atoms with E-state index < -0.39 is 0 Å². The molecule has 3 aliphatic rings. The van der Waals surface area contributed by atoms with Crippen molar-refractivity contribution in [3.05, 3.63) is 0 Å². The summed E-state index contributed by atoms with van der Waals surface area (Å²) in [4.78, 5) is 4.77. The predicted molar refractivity (Wildman–Crippen MR) is 74.0 cm³/mol. The lowest BCUT2D eigenvalue weighted by molar-refractivity contribution is 0.0350. The average Bonchev–Trinajstić information content (AvgIpc) is 3.30. The van der Waals surface area contributed by atoms with Crippen LogP contribution in [0, 0.1) is 0 Å². The van der Waals surface area contributed by atoms with E-state index in [1.807, 2.05) is 0 Å². The van der Waals surface area contributed by atoms with Gasteiger partial charge in [-0.1, -0.05) is 0 Å². The average molecular weight is 286 g/mol. The Bertz CT molecular complexity index is 244. The first-order valence-electron chi connectivity index (χ1n) is 7.73. The van der Waals surface area contributed by atoms with Gasteiger partial charge in [0.2, 0.25) is 0 Å². The van der Waals surface area contributed by atoms with Gasteiger partial charge in [0.25, 0.3) is 0 Å². The Morgan fingerprint density at radius 1 is 0.650 bits per heavy atom. The van der Waals surface area contributed by atoms with Crippen molar-refractivity contribution >= 4 is 0 Å². The Hall–Kier alpha value is -0.240. The van der Waals surface area contributed by atoms with Crippen molar-refractivity contribution in [2.24, 2.45) is 0 Å². The maximum atomic E-state index is 5.77. The van der Waals surface area contributed by atoms with Crippen LogP contribution < -0.4 is 0 Å². The van der Waals surface area contributed by atoms with Crippen molar-refractivity contribution in [3.8, 4) is 0 Å². The molecule has 116 valence electrons. The monoisotopic (exact) mass is 286 g/mol. The van der Waals surface area contributed by atoms with Gasteiger partial charge in [-0.3, -0.25) is 9.80 Å². The Labute approximate surface area is 120 Å². The van der Waals surface area contributed by atoms with Gasteiger partial charge in [-0.25, -0.2) is 0 Å². The van der Waals surface area contributed by atoms with E-state index in [0.717, 1.165) is 78.9 Å². The molecule has 20 heavy (non-hydrogen) atoms. The number of hydrogen-bond donors (Lipinski definition) is 0. The number of ether oxygens (including phenoxy) is 4. The molecule has 0 N–H and O–H groups in total. The molecule has 3 rings (SSSR count). The van der Waals surface area contributed by atoms with Crippen molar-refractivity contribution in [2.45, 2.75) is 12.2 Å². The van der Waals surface area contributed by atoms with E-state index in [4.69, 9.17) is 18.9 Å². The molecular formula is C14H26N2O4. The van der Waals surface area contributed by atoms with E-state index in [-0.39, 0.29) is 0 Å². The molecule has 2 atom stereocenters. The van der Waals surface area contributed by atoms with Crippen LogP contribution in [0.15, 0.2) is 0 Å². The van der Waals surface area contributed by atoms with Gasteiger partial charge >= 0.3 is 0 Å². The van der Waals surface area contributed by atoms with E-state index in [1.54, 1.807) is 0 Å². The third-order valence-corrected chi connectivity index (χ3v) is 3.94. The lowest BCUT2D eigenvalue weighted by Crippen LogP contribution is -2.38. The first-order chi connectivity index (χ1) is 9.90. The highest BCUT2D eigenvalue weighted by molar-refractivity contribution is 4.76. The molecule has 0 aromatic carbocycles. The zero-order valence-electron chi connectivity index (χ0n) is 12.2. The molecule has 0 saturated carbocycles. The normalized spacial score (nSPS) is 34.2. The van der Waals surface area contributed by atoms with Crippen molar-refractivity contribution < 1.29 is 18.9 Å². The molecule has 3 aliphatic heterocycles. The van der Waals surface area contributed by atoms with Crippen LogP contribution in [0.3, 0.4) is 0 Å².